The second-order valence-corrected chi connectivity index (χ2v) is 5.95. The Bertz CT molecular complexity index is 1090. The lowest BCUT2D eigenvalue weighted by Crippen LogP contribution is -2.21. The Balaban J connectivity index is 1.78. The molecule has 0 N–H and O–H groups in total. The third kappa shape index (κ3) is 2.50. The minimum atomic E-state index is -1.03. The van der Waals surface area contributed by atoms with Crippen molar-refractivity contribution in [1.82, 2.24) is 14.5 Å². The standard InChI is InChI=1S/C16H9F2N3O2S/c17-11-3-13-14(4-12(11)18)21(15(22)5-19-13)6-10-8-24-16(20-10)9-1-2-23-7-9/h1-5,7-8H,6H2. The molecule has 0 aliphatic carbocycles. The first-order valence-corrected chi connectivity index (χ1v) is 7.81. The van der Waals surface area contributed by atoms with Gasteiger partial charge in [0.15, 0.2) is 11.6 Å². The van der Waals surface area contributed by atoms with Crippen LogP contribution in [-0.2, 0) is 6.54 Å². The first kappa shape index (κ1) is 14.7. The Morgan fingerprint density at radius 1 is 1.25 bits per heavy atom. The lowest BCUT2D eigenvalue weighted by atomic mass is 10.2. The van der Waals surface area contributed by atoms with Crippen molar-refractivity contribution in [3.05, 3.63) is 70.0 Å². The van der Waals surface area contributed by atoms with Crippen LogP contribution in [0.3, 0.4) is 0 Å². The Labute approximate surface area is 137 Å². The normalized spacial score (nSPS) is 11.2. The lowest BCUT2D eigenvalue weighted by molar-refractivity contribution is 0.509. The zero-order valence-corrected chi connectivity index (χ0v) is 12.9. The van der Waals surface area contributed by atoms with Gasteiger partial charge in [0.2, 0.25) is 0 Å². The van der Waals surface area contributed by atoms with Gasteiger partial charge < -0.3 is 4.42 Å². The maximum absolute atomic E-state index is 13.5. The van der Waals surface area contributed by atoms with Gasteiger partial charge in [-0.3, -0.25) is 9.36 Å². The van der Waals surface area contributed by atoms with E-state index in [4.69, 9.17) is 4.42 Å². The molecule has 3 heterocycles. The van der Waals surface area contributed by atoms with Crippen LogP contribution < -0.4 is 5.56 Å². The molecule has 1 aromatic carbocycles. The Hall–Kier alpha value is -2.87. The van der Waals surface area contributed by atoms with Crippen LogP contribution in [0.25, 0.3) is 21.6 Å². The number of halogens is 2. The minimum Gasteiger partial charge on any atom is -0.472 e. The maximum Gasteiger partial charge on any atom is 0.269 e. The van der Waals surface area contributed by atoms with E-state index in [0.717, 1.165) is 28.9 Å². The third-order valence-corrected chi connectivity index (χ3v) is 4.47. The summed E-state index contributed by atoms with van der Waals surface area (Å²) in [6, 6.07) is 3.73. The minimum absolute atomic E-state index is 0.136. The van der Waals surface area contributed by atoms with Crippen molar-refractivity contribution in [3.63, 3.8) is 0 Å². The summed E-state index contributed by atoms with van der Waals surface area (Å²) in [7, 11) is 0. The molecule has 24 heavy (non-hydrogen) atoms. The van der Waals surface area contributed by atoms with E-state index in [-0.39, 0.29) is 17.6 Å². The van der Waals surface area contributed by atoms with Crippen LogP contribution >= 0.6 is 11.3 Å². The summed E-state index contributed by atoms with van der Waals surface area (Å²) < 4.78 is 33.2. The number of benzene rings is 1. The molecule has 120 valence electrons. The number of rotatable bonds is 3. The quantitative estimate of drug-likeness (QED) is 0.571. The van der Waals surface area contributed by atoms with Gasteiger partial charge in [-0.15, -0.1) is 11.3 Å². The fraction of sp³-hybridized carbons (Fsp3) is 0.0625. The highest BCUT2D eigenvalue weighted by atomic mass is 32.1. The molecule has 8 heteroatoms. The van der Waals surface area contributed by atoms with Crippen molar-refractivity contribution >= 4 is 22.4 Å². The number of nitrogens with zero attached hydrogens (tertiary/aromatic N) is 3. The predicted octanol–water partition coefficient (Wildman–Crippen LogP) is 3.44. The van der Waals surface area contributed by atoms with Gasteiger partial charge in [0.1, 0.15) is 11.3 Å². The van der Waals surface area contributed by atoms with Crippen molar-refractivity contribution < 1.29 is 13.2 Å². The molecule has 0 aliphatic heterocycles. The molecular formula is C16H9F2N3O2S. The molecule has 0 radical (unpaired) electrons. The van der Waals surface area contributed by atoms with Crippen molar-refractivity contribution in [3.8, 4) is 10.6 Å². The van der Waals surface area contributed by atoms with E-state index in [1.807, 2.05) is 0 Å². The number of thiazole rings is 1. The molecule has 4 aromatic rings. The van der Waals surface area contributed by atoms with Crippen molar-refractivity contribution in [2.75, 3.05) is 0 Å². The fourth-order valence-corrected chi connectivity index (χ4v) is 3.18. The molecular weight excluding hydrogens is 336 g/mol. The number of hydrogen-bond acceptors (Lipinski definition) is 5. The molecule has 0 amide bonds. The van der Waals surface area contributed by atoms with Crippen molar-refractivity contribution in [2.24, 2.45) is 0 Å². The molecule has 0 spiro atoms. The summed E-state index contributed by atoms with van der Waals surface area (Å²) in [4.78, 5) is 20.4. The molecule has 0 saturated heterocycles. The predicted molar refractivity (Wildman–Crippen MR) is 84.8 cm³/mol. The van der Waals surface area contributed by atoms with Crippen LogP contribution in [0.4, 0.5) is 8.78 Å². The molecule has 0 fully saturated rings. The van der Waals surface area contributed by atoms with Gasteiger partial charge in [0, 0.05) is 23.1 Å². The van der Waals surface area contributed by atoms with Gasteiger partial charge in [0.05, 0.1) is 35.7 Å². The Morgan fingerprint density at radius 2 is 2.08 bits per heavy atom. The molecule has 0 bridgehead atoms. The highest BCUT2D eigenvalue weighted by Gasteiger charge is 2.12. The van der Waals surface area contributed by atoms with Crippen LogP contribution in [0.2, 0.25) is 0 Å². The van der Waals surface area contributed by atoms with Gasteiger partial charge in [0.25, 0.3) is 5.56 Å². The Kier molecular flexibility index (Phi) is 3.46. The summed E-state index contributed by atoms with van der Waals surface area (Å²) in [5, 5.41) is 2.56. The van der Waals surface area contributed by atoms with Crippen LogP contribution in [0.15, 0.2) is 51.5 Å². The van der Waals surface area contributed by atoms with Crippen molar-refractivity contribution in [1.29, 1.82) is 0 Å². The second-order valence-electron chi connectivity index (χ2n) is 5.09. The van der Waals surface area contributed by atoms with E-state index in [2.05, 4.69) is 9.97 Å². The van der Waals surface area contributed by atoms with E-state index in [1.54, 1.807) is 24.0 Å². The molecule has 0 unspecified atom stereocenters. The monoisotopic (exact) mass is 345 g/mol. The average molecular weight is 345 g/mol. The lowest BCUT2D eigenvalue weighted by Gasteiger charge is -2.08. The van der Waals surface area contributed by atoms with Crippen LogP contribution in [0, 0.1) is 11.6 Å². The van der Waals surface area contributed by atoms with E-state index in [1.165, 1.54) is 15.9 Å². The number of furan rings is 1. The summed E-state index contributed by atoms with van der Waals surface area (Å²) in [5.41, 5.74) is 1.49. The smallest absolute Gasteiger partial charge is 0.269 e. The SMILES string of the molecule is O=c1cnc2cc(F)c(F)cc2n1Cc1csc(-c2ccoc2)n1. The van der Waals surface area contributed by atoms with Gasteiger partial charge in [-0.05, 0) is 6.07 Å². The number of fused-ring (bicyclic) bond motifs is 1. The highest BCUT2D eigenvalue weighted by molar-refractivity contribution is 7.13. The third-order valence-electron chi connectivity index (χ3n) is 3.53. The zero-order valence-electron chi connectivity index (χ0n) is 12.1. The summed E-state index contributed by atoms with van der Waals surface area (Å²) in [6.45, 7) is 0.136. The maximum atomic E-state index is 13.5. The van der Waals surface area contributed by atoms with E-state index in [0.29, 0.717) is 5.69 Å². The van der Waals surface area contributed by atoms with E-state index in [9.17, 15) is 13.6 Å². The summed E-state index contributed by atoms with van der Waals surface area (Å²) in [6.07, 6.45) is 4.21. The van der Waals surface area contributed by atoms with E-state index >= 15 is 0 Å². The van der Waals surface area contributed by atoms with Gasteiger partial charge in [-0.2, -0.15) is 0 Å². The zero-order chi connectivity index (χ0) is 16.7. The van der Waals surface area contributed by atoms with Crippen molar-refractivity contribution in [2.45, 2.75) is 6.54 Å². The summed E-state index contributed by atoms with van der Waals surface area (Å²) >= 11 is 1.41. The van der Waals surface area contributed by atoms with Crippen LogP contribution in [0.1, 0.15) is 5.69 Å². The largest absolute Gasteiger partial charge is 0.472 e. The molecule has 0 aliphatic rings. The molecule has 3 aromatic heterocycles. The average Bonchev–Trinajstić information content (AvgIpc) is 3.23. The molecule has 0 atom stereocenters. The number of aromatic nitrogens is 3. The highest BCUT2D eigenvalue weighted by Crippen LogP contribution is 2.24. The van der Waals surface area contributed by atoms with Crippen LogP contribution in [0.5, 0.6) is 0 Å². The molecule has 5 nitrogen and oxygen atoms in total. The fourth-order valence-electron chi connectivity index (χ4n) is 2.38. The van der Waals surface area contributed by atoms with Gasteiger partial charge in [-0.1, -0.05) is 0 Å². The van der Waals surface area contributed by atoms with Gasteiger partial charge in [-0.25, -0.2) is 18.7 Å². The first-order valence-electron chi connectivity index (χ1n) is 6.93. The molecule has 4 rings (SSSR count). The molecule has 0 saturated carbocycles. The van der Waals surface area contributed by atoms with Gasteiger partial charge >= 0.3 is 0 Å². The van der Waals surface area contributed by atoms with E-state index < -0.39 is 17.2 Å². The first-order chi connectivity index (χ1) is 11.6. The van der Waals surface area contributed by atoms with Crippen LogP contribution in [-0.4, -0.2) is 14.5 Å². The summed E-state index contributed by atoms with van der Waals surface area (Å²) in [5.74, 6) is -2.03. The second kappa shape index (κ2) is 5.64. The Morgan fingerprint density at radius 3 is 2.88 bits per heavy atom. The topological polar surface area (TPSA) is 60.9 Å². The number of hydrogen-bond donors (Lipinski definition) is 0.